The van der Waals surface area contributed by atoms with E-state index in [-0.39, 0.29) is 36.1 Å². The molecule has 9 heteroatoms. The fourth-order valence-electron chi connectivity index (χ4n) is 5.42. The number of Topliss-reactive ketones (excluding diaryl/α,β-unsaturated/α-hetero) is 2. The molecule has 3 atom stereocenters. The minimum absolute atomic E-state index is 0.102. The second kappa shape index (κ2) is 7.03. The summed E-state index contributed by atoms with van der Waals surface area (Å²) in [4.78, 5) is 38.5. The van der Waals surface area contributed by atoms with Crippen molar-refractivity contribution < 1.29 is 34.8 Å². The average molecular weight is 467 g/mol. The molecule has 2 aromatic rings. The van der Waals surface area contributed by atoms with Crippen LogP contribution in [-0.4, -0.2) is 43.5 Å². The van der Waals surface area contributed by atoms with E-state index >= 15 is 0 Å². The van der Waals surface area contributed by atoms with E-state index in [4.69, 9.17) is 5.73 Å². The molecule has 1 heterocycles. The van der Waals surface area contributed by atoms with Crippen molar-refractivity contribution in [3.8, 4) is 16.2 Å². The van der Waals surface area contributed by atoms with Crippen LogP contribution >= 0.6 is 11.3 Å². The summed E-state index contributed by atoms with van der Waals surface area (Å²) >= 11 is 1.52. The van der Waals surface area contributed by atoms with Gasteiger partial charge in [-0.05, 0) is 66.0 Å². The zero-order valence-corrected chi connectivity index (χ0v) is 18.4. The highest BCUT2D eigenvalue weighted by Crippen LogP contribution is 2.53. The lowest BCUT2D eigenvalue weighted by Crippen LogP contribution is -2.58. The number of hydrogen-bond donors (Lipinski definition) is 5. The standard InChI is InChI=1S/C24H21NO7S/c1-9-4-16(33-8-9)12-2-3-14(26)18-13(12)6-10-5-11-7-15(27)19(23(25)31)22(30)24(11,32)21(29)17(10)20(18)28/h2-4,8,10-11,26,28,30,32H,5-7H2,1H3,(H2,25,31). The number of carbonyl (C=O) groups is 3. The SMILES string of the molecule is Cc1csc(-c2ccc(O)c3c2CC2CC4CC(=O)C(C(N)=O)=C(O)C4(O)C(=O)C2=C3O)c1. The molecule has 1 amide bonds. The Morgan fingerprint density at radius 1 is 1.18 bits per heavy atom. The Bertz CT molecular complexity index is 1330. The summed E-state index contributed by atoms with van der Waals surface area (Å²) in [7, 11) is 0. The topological polar surface area (TPSA) is 158 Å². The largest absolute Gasteiger partial charge is 0.508 e. The number of phenols is 1. The van der Waals surface area contributed by atoms with Crippen LogP contribution < -0.4 is 5.73 Å². The Kier molecular flexibility index (Phi) is 4.56. The fraction of sp³-hybridized carbons (Fsp3) is 0.292. The van der Waals surface area contributed by atoms with Gasteiger partial charge in [-0.2, -0.15) is 0 Å². The maximum Gasteiger partial charge on any atom is 0.255 e. The number of nitrogens with two attached hydrogens (primary N) is 1. The quantitative estimate of drug-likeness (QED) is 0.424. The number of rotatable bonds is 2. The van der Waals surface area contributed by atoms with Gasteiger partial charge in [0.15, 0.2) is 11.4 Å². The smallest absolute Gasteiger partial charge is 0.255 e. The molecule has 0 radical (unpaired) electrons. The van der Waals surface area contributed by atoms with Gasteiger partial charge in [0, 0.05) is 22.8 Å². The zero-order chi connectivity index (χ0) is 23.8. The molecule has 1 saturated carbocycles. The van der Waals surface area contributed by atoms with Crippen molar-refractivity contribution >= 4 is 34.6 Å². The lowest BCUT2D eigenvalue weighted by atomic mass is 9.59. The van der Waals surface area contributed by atoms with E-state index < -0.39 is 52.0 Å². The van der Waals surface area contributed by atoms with E-state index in [0.29, 0.717) is 5.56 Å². The fourth-order valence-corrected chi connectivity index (χ4v) is 6.38. The van der Waals surface area contributed by atoms with Crippen molar-refractivity contribution in [1.29, 1.82) is 0 Å². The van der Waals surface area contributed by atoms with Crippen LogP contribution in [0.5, 0.6) is 5.75 Å². The van der Waals surface area contributed by atoms with Gasteiger partial charge in [-0.3, -0.25) is 14.4 Å². The van der Waals surface area contributed by atoms with E-state index in [1.807, 2.05) is 18.4 Å². The van der Waals surface area contributed by atoms with Crippen LogP contribution in [0.1, 0.15) is 29.5 Å². The minimum atomic E-state index is -2.55. The lowest BCUT2D eigenvalue weighted by molar-refractivity contribution is -0.147. The van der Waals surface area contributed by atoms with Crippen LogP contribution in [0.2, 0.25) is 0 Å². The van der Waals surface area contributed by atoms with Crippen molar-refractivity contribution in [2.75, 3.05) is 0 Å². The first-order chi connectivity index (χ1) is 15.6. The number of ketones is 2. The molecule has 1 aromatic heterocycles. The number of carbonyl (C=O) groups excluding carboxylic acids is 3. The molecule has 0 bridgehead atoms. The number of primary amides is 1. The Morgan fingerprint density at radius 3 is 2.55 bits per heavy atom. The van der Waals surface area contributed by atoms with E-state index in [1.165, 1.54) is 17.4 Å². The molecule has 0 saturated heterocycles. The molecule has 8 nitrogen and oxygen atoms in total. The third-order valence-electron chi connectivity index (χ3n) is 6.94. The highest BCUT2D eigenvalue weighted by molar-refractivity contribution is 7.13. The number of fused-ring (bicyclic) bond motifs is 3. The first-order valence-electron chi connectivity index (χ1n) is 10.4. The number of hydrogen-bond acceptors (Lipinski definition) is 8. The van der Waals surface area contributed by atoms with Crippen LogP contribution in [0.25, 0.3) is 16.2 Å². The Morgan fingerprint density at radius 2 is 1.91 bits per heavy atom. The molecule has 6 N–H and O–H groups in total. The van der Waals surface area contributed by atoms with Crippen LogP contribution in [0.15, 0.2) is 40.5 Å². The number of phenolic OH excluding ortho intramolecular Hbond substituents is 1. The summed E-state index contributed by atoms with van der Waals surface area (Å²) in [6, 6.07) is 5.19. The highest BCUT2D eigenvalue weighted by Gasteiger charge is 2.60. The molecule has 1 aromatic carbocycles. The molecule has 170 valence electrons. The van der Waals surface area contributed by atoms with E-state index in [0.717, 1.165) is 16.0 Å². The first-order valence-corrected chi connectivity index (χ1v) is 11.3. The van der Waals surface area contributed by atoms with E-state index in [9.17, 15) is 34.8 Å². The van der Waals surface area contributed by atoms with Crippen molar-refractivity contribution in [2.45, 2.75) is 31.8 Å². The number of aliphatic hydroxyl groups excluding tert-OH is 2. The van der Waals surface area contributed by atoms with Crippen LogP contribution in [0.4, 0.5) is 0 Å². The Labute approximate surface area is 192 Å². The van der Waals surface area contributed by atoms with Gasteiger partial charge in [0.25, 0.3) is 5.91 Å². The van der Waals surface area contributed by atoms with Gasteiger partial charge in [0.05, 0.1) is 5.56 Å². The van der Waals surface area contributed by atoms with Crippen molar-refractivity contribution in [1.82, 2.24) is 0 Å². The minimum Gasteiger partial charge on any atom is -0.508 e. The van der Waals surface area contributed by atoms with Gasteiger partial charge in [-0.25, -0.2) is 0 Å². The summed E-state index contributed by atoms with van der Waals surface area (Å²) < 4.78 is 0. The van der Waals surface area contributed by atoms with E-state index in [1.54, 1.807) is 6.07 Å². The maximum atomic E-state index is 13.5. The highest BCUT2D eigenvalue weighted by atomic mass is 32.1. The summed E-state index contributed by atoms with van der Waals surface area (Å²) in [6.45, 7) is 1.96. The van der Waals surface area contributed by atoms with Crippen molar-refractivity contribution in [3.63, 3.8) is 0 Å². The number of aliphatic hydroxyl groups is 3. The number of aryl methyl sites for hydroxylation is 1. The number of amides is 1. The molecular weight excluding hydrogens is 446 g/mol. The third-order valence-corrected chi connectivity index (χ3v) is 8.02. The molecule has 1 fully saturated rings. The molecule has 3 aliphatic carbocycles. The number of aromatic hydroxyl groups is 1. The normalized spacial score (nSPS) is 26.7. The lowest BCUT2D eigenvalue weighted by Gasteiger charge is -2.46. The average Bonchev–Trinajstić information content (AvgIpc) is 3.16. The van der Waals surface area contributed by atoms with Gasteiger partial charge in [-0.15, -0.1) is 11.3 Å². The molecule has 3 unspecified atom stereocenters. The molecular formula is C24H21NO7S. The van der Waals surface area contributed by atoms with Gasteiger partial charge in [0.1, 0.15) is 22.8 Å². The molecule has 33 heavy (non-hydrogen) atoms. The van der Waals surface area contributed by atoms with Gasteiger partial charge >= 0.3 is 0 Å². The summed E-state index contributed by atoms with van der Waals surface area (Å²) in [5.74, 6) is -6.26. The second-order valence-electron chi connectivity index (χ2n) is 8.88. The van der Waals surface area contributed by atoms with Crippen LogP contribution in [0.3, 0.4) is 0 Å². The Hall–Kier alpha value is -3.43. The van der Waals surface area contributed by atoms with E-state index in [2.05, 4.69) is 0 Å². The zero-order valence-electron chi connectivity index (χ0n) is 17.6. The predicted octanol–water partition coefficient (Wildman–Crippen LogP) is 2.46. The second-order valence-corrected chi connectivity index (χ2v) is 9.79. The Balaban J connectivity index is 1.71. The molecule has 0 aliphatic heterocycles. The van der Waals surface area contributed by atoms with Crippen molar-refractivity contribution in [2.24, 2.45) is 17.6 Å². The molecule has 5 rings (SSSR count). The number of thiophene rings is 1. The molecule has 0 spiro atoms. The van der Waals surface area contributed by atoms with Gasteiger partial charge in [-0.1, -0.05) is 0 Å². The predicted molar refractivity (Wildman–Crippen MR) is 119 cm³/mol. The monoisotopic (exact) mass is 467 g/mol. The summed E-state index contributed by atoms with van der Waals surface area (Å²) in [5.41, 5.74) is 4.37. The van der Waals surface area contributed by atoms with Gasteiger partial charge in [0.2, 0.25) is 5.78 Å². The summed E-state index contributed by atoms with van der Waals surface area (Å²) in [6.07, 6.45) is 0.0650. The van der Waals surface area contributed by atoms with Crippen molar-refractivity contribution in [3.05, 3.63) is 57.2 Å². The number of benzene rings is 1. The van der Waals surface area contributed by atoms with Gasteiger partial charge < -0.3 is 26.2 Å². The summed E-state index contributed by atoms with van der Waals surface area (Å²) in [5, 5.41) is 45.5. The third kappa shape index (κ3) is 2.82. The van der Waals surface area contributed by atoms with Crippen LogP contribution in [0, 0.1) is 18.8 Å². The first kappa shape index (κ1) is 21.4. The molecule has 3 aliphatic rings. The van der Waals surface area contributed by atoms with Crippen LogP contribution in [-0.2, 0) is 20.8 Å². The maximum absolute atomic E-state index is 13.5.